The molecule has 0 bridgehead atoms. The summed E-state index contributed by atoms with van der Waals surface area (Å²) < 4.78 is 17.4. The van der Waals surface area contributed by atoms with Gasteiger partial charge >= 0.3 is 12.2 Å². The summed E-state index contributed by atoms with van der Waals surface area (Å²) >= 11 is 0. The average Bonchev–Trinajstić information content (AvgIpc) is 2.40. The lowest BCUT2D eigenvalue weighted by atomic mass is 10.2. The molecule has 1 aromatic heterocycles. The van der Waals surface area contributed by atoms with Crippen molar-refractivity contribution >= 4 is 11.8 Å². The molecule has 1 heterocycles. The second kappa shape index (κ2) is 5.72. The van der Waals surface area contributed by atoms with Gasteiger partial charge in [-0.3, -0.25) is 5.32 Å². The summed E-state index contributed by atoms with van der Waals surface area (Å²) in [5.74, 6) is 0. The van der Waals surface area contributed by atoms with E-state index >= 15 is 0 Å². The van der Waals surface area contributed by atoms with Gasteiger partial charge in [0.05, 0.1) is 18.1 Å². The zero-order valence-electron chi connectivity index (χ0n) is 9.34. The van der Waals surface area contributed by atoms with Gasteiger partial charge in [0.1, 0.15) is 6.61 Å². The summed E-state index contributed by atoms with van der Waals surface area (Å²) in [5, 5.41) is 2.39. The lowest BCUT2D eigenvalue weighted by Gasteiger charge is -2.06. The number of aromatic nitrogens is 2. The van der Waals surface area contributed by atoms with E-state index in [2.05, 4.69) is 15.3 Å². The van der Waals surface area contributed by atoms with Crippen LogP contribution in [-0.4, -0.2) is 16.1 Å². The maximum absolute atomic E-state index is 12.4. The fourth-order valence-corrected chi connectivity index (χ4v) is 1.25. The zero-order valence-corrected chi connectivity index (χ0v) is 9.34. The Morgan fingerprint density at radius 3 is 2.56 bits per heavy atom. The van der Waals surface area contributed by atoms with Crippen LogP contribution in [0.1, 0.15) is 5.56 Å². The lowest BCUT2D eigenvalue weighted by molar-refractivity contribution is 0.155. The number of hydrogen-bond acceptors (Lipinski definition) is 4. The van der Waals surface area contributed by atoms with Crippen molar-refractivity contribution in [2.75, 3.05) is 5.32 Å². The van der Waals surface area contributed by atoms with E-state index in [1.165, 1.54) is 0 Å². The summed E-state index contributed by atoms with van der Waals surface area (Å²) in [6.45, 7) is 0.161. The standard InChI is InChI=1S/C12H10FN3O2/c13-11-14-6-10(7-15-11)16-12(17)18-8-9-4-2-1-3-5-9/h1-7H,8H2,(H,16,17). The van der Waals surface area contributed by atoms with Gasteiger partial charge in [0.25, 0.3) is 0 Å². The fraction of sp³-hybridized carbons (Fsp3) is 0.0833. The predicted molar refractivity (Wildman–Crippen MR) is 62.2 cm³/mol. The summed E-state index contributed by atoms with van der Waals surface area (Å²) in [5.41, 5.74) is 1.15. The number of nitrogens with zero attached hydrogens (tertiary/aromatic N) is 2. The number of ether oxygens (including phenoxy) is 1. The molecule has 1 amide bonds. The van der Waals surface area contributed by atoms with Crippen LogP contribution in [0.15, 0.2) is 42.7 Å². The molecule has 2 aromatic rings. The van der Waals surface area contributed by atoms with Gasteiger partial charge in [0.2, 0.25) is 0 Å². The number of hydrogen-bond donors (Lipinski definition) is 1. The monoisotopic (exact) mass is 247 g/mol. The van der Waals surface area contributed by atoms with Gasteiger partial charge in [-0.2, -0.15) is 4.39 Å². The first-order chi connectivity index (χ1) is 8.74. The number of carbonyl (C=O) groups excluding carboxylic acids is 1. The van der Waals surface area contributed by atoms with Gasteiger partial charge in [-0.05, 0) is 5.56 Å². The van der Waals surface area contributed by atoms with Crippen molar-refractivity contribution in [1.29, 1.82) is 0 Å². The third-order valence-electron chi connectivity index (χ3n) is 2.08. The van der Waals surface area contributed by atoms with Gasteiger partial charge in [0.15, 0.2) is 0 Å². The molecule has 5 nitrogen and oxygen atoms in total. The Morgan fingerprint density at radius 2 is 1.89 bits per heavy atom. The van der Waals surface area contributed by atoms with Gasteiger partial charge in [-0.15, -0.1) is 0 Å². The van der Waals surface area contributed by atoms with Crippen molar-refractivity contribution in [3.05, 3.63) is 54.4 Å². The highest BCUT2D eigenvalue weighted by atomic mass is 19.1. The third kappa shape index (κ3) is 3.51. The van der Waals surface area contributed by atoms with Crippen LogP contribution in [0.4, 0.5) is 14.9 Å². The maximum Gasteiger partial charge on any atom is 0.412 e. The van der Waals surface area contributed by atoms with Crippen molar-refractivity contribution in [3.63, 3.8) is 0 Å². The number of amides is 1. The minimum absolute atomic E-state index is 0.161. The van der Waals surface area contributed by atoms with E-state index in [9.17, 15) is 9.18 Å². The highest BCUT2D eigenvalue weighted by Gasteiger charge is 2.04. The van der Waals surface area contributed by atoms with Crippen LogP contribution in [0, 0.1) is 6.08 Å². The molecule has 0 radical (unpaired) electrons. The topological polar surface area (TPSA) is 64.1 Å². The molecule has 0 fully saturated rings. The summed E-state index contributed by atoms with van der Waals surface area (Å²) in [4.78, 5) is 18.0. The Labute approximate surface area is 103 Å². The molecule has 6 heteroatoms. The molecule has 92 valence electrons. The normalized spacial score (nSPS) is 9.83. The van der Waals surface area contributed by atoms with E-state index in [1.54, 1.807) is 0 Å². The van der Waals surface area contributed by atoms with Crippen LogP contribution in [0.3, 0.4) is 0 Å². The van der Waals surface area contributed by atoms with Crippen LogP contribution in [0.2, 0.25) is 0 Å². The third-order valence-corrected chi connectivity index (χ3v) is 2.08. The quantitative estimate of drug-likeness (QED) is 0.845. The number of anilines is 1. The summed E-state index contributed by atoms with van der Waals surface area (Å²) in [6, 6.07) is 9.26. The van der Waals surface area contributed by atoms with Crippen molar-refractivity contribution in [1.82, 2.24) is 9.97 Å². The SMILES string of the molecule is O=C(Nc1cnc(F)nc1)OCc1ccccc1. The smallest absolute Gasteiger partial charge is 0.412 e. The molecule has 0 spiro atoms. The highest BCUT2D eigenvalue weighted by Crippen LogP contribution is 2.05. The molecular weight excluding hydrogens is 237 g/mol. The Morgan fingerprint density at radius 1 is 1.22 bits per heavy atom. The lowest BCUT2D eigenvalue weighted by Crippen LogP contribution is -2.14. The molecule has 1 N–H and O–H groups in total. The van der Waals surface area contributed by atoms with E-state index in [4.69, 9.17) is 4.74 Å². The van der Waals surface area contributed by atoms with Crippen LogP contribution in [-0.2, 0) is 11.3 Å². The second-order valence-electron chi connectivity index (χ2n) is 3.43. The molecule has 1 aromatic carbocycles. The Kier molecular flexibility index (Phi) is 3.80. The van der Waals surface area contributed by atoms with E-state index in [0.29, 0.717) is 0 Å². The van der Waals surface area contributed by atoms with Crippen LogP contribution >= 0.6 is 0 Å². The van der Waals surface area contributed by atoms with Gasteiger partial charge < -0.3 is 4.74 Å². The summed E-state index contributed by atoms with van der Waals surface area (Å²) in [6.07, 6.45) is 0.824. The maximum atomic E-state index is 12.4. The van der Waals surface area contributed by atoms with E-state index in [-0.39, 0.29) is 12.3 Å². The largest absolute Gasteiger partial charge is 0.444 e. The number of carbonyl (C=O) groups is 1. The van der Waals surface area contributed by atoms with Gasteiger partial charge in [-0.25, -0.2) is 14.8 Å². The van der Waals surface area contributed by atoms with E-state index in [0.717, 1.165) is 18.0 Å². The van der Waals surface area contributed by atoms with E-state index < -0.39 is 12.2 Å². The first-order valence-corrected chi connectivity index (χ1v) is 5.19. The van der Waals surface area contributed by atoms with Crippen molar-refractivity contribution in [2.45, 2.75) is 6.61 Å². The molecule has 18 heavy (non-hydrogen) atoms. The van der Waals surface area contributed by atoms with Crippen molar-refractivity contribution in [3.8, 4) is 0 Å². The number of nitrogens with one attached hydrogen (secondary N) is 1. The minimum atomic E-state index is -0.849. The molecule has 0 aliphatic carbocycles. The summed E-state index contributed by atoms with van der Waals surface area (Å²) in [7, 11) is 0. The molecule has 0 saturated carbocycles. The molecule has 0 saturated heterocycles. The number of benzene rings is 1. The fourth-order valence-electron chi connectivity index (χ4n) is 1.25. The zero-order chi connectivity index (χ0) is 12.8. The Balaban J connectivity index is 1.84. The first kappa shape index (κ1) is 12.0. The van der Waals surface area contributed by atoms with Gasteiger partial charge in [0, 0.05) is 0 Å². The molecule has 0 atom stereocenters. The Hall–Kier alpha value is -2.50. The first-order valence-electron chi connectivity index (χ1n) is 5.19. The average molecular weight is 247 g/mol. The van der Waals surface area contributed by atoms with Gasteiger partial charge in [-0.1, -0.05) is 30.3 Å². The van der Waals surface area contributed by atoms with Crippen LogP contribution in [0.5, 0.6) is 0 Å². The minimum Gasteiger partial charge on any atom is -0.444 e. The molecule has 0 unspecified atom stereocenters. The molecule has 0 aliphatic rings. The Bertz CT molecular complexity index is 517. The molecule has 0 aliphatic heterocycles. The van der Waals surface area contributed by atoms with Crippen LogP contribution < -0.4 is 5.32 Å². The molecular formula is C12H10FN3O2. The molecule has 2 rings (SSSR count). The number of halogens is 1. The predicted octanol–water partition coefficient (Wildman–Crippen LogP) is 2.36. The second-order valence-corrected chi connectivity index (χ2v) is 3.43. The van der Waals surface area contributed by atoms with E-state index in [1.807, 2.05) is 30.3 Å². The van der Waals surface area contributed by atoms with Crippen molar-refractivity contribution in [2.24, 2.45) is 0 Å². The highest BCUT2D eigenvalue weighted by molar-refractivity contribution is 5.83. The number of rotatable bonds is 3. The van der Waals surface area contributed by atoms with Crippen LogP contribution in [0.25, 0.3) is 0 Å². The van der Waals surface area contributed by atoms with Crippen molar-refractivity contribution < 1.29 is 13.9 Å².